The highest BCUT2D eigenvalue weighted by molar-refractivity contribution is 5.97. The van der Waals surface area contributed by atoms with Gasteiger partial charge in [-0.1, -0.05) is 0 Å². The number of carbonyl (C=O) groups is 2. The maximum Gasteiger partial charge on any atom is 0.323 e. The number of carboxylic acids is 1. The van der Waals surface area contributed by atoms with Crippen molar-refractivity contribution in [2.45, 2.75) is 33.2 Å². The van der Waals surface area contributed by atoms with E-state index in [4.69, 9.17) is 9.52 Å². The van der Waals surface area contributed by atoms with Crippen LogP contribution in [0.3, 0.4) is 0 Å². The van der Waals surface area contributed by atoms with Gasteiger partial charge in [0.25, 0.3) is 5.91 Å². The second-order valence-electron chi connectivity index (χ2n) is 4.85. The van der Waals surface area contributed by atoms with Gasteiger partial charge in [0.15, 0.2) is 0 Å². The SMILES string of the molecule is Cc1occc1C(=O)N(CC(=O)O)C(C)(C)C. The van der Waals surface area contributed by atoms with Gasteiger partial charge in [-0.05, 0) is 33.8 Å². The Kier molecular flexibility index (Phi) is 3.60. The third-order valence-electron chi connectivity index (χ3n) is 2.44. The summed E-state index contributed by atoms with van der Waals surface area (Å²) in [6, 6.07) is 1.55. The monoisotopic (exact) mass is 239 g/mol. The van der Waals surface area contributed by atoms with Crippen LogP contribution in [0.2, 0.25) is 0 Å². The number of aliphatic carboxylic acids is 1. The van der Waals surface area contributed by atoms with Crippen LogP contribution in [-0.2, 0) is 4.79 Å². The maximum atomic E-state index is 12.2. The van der Waals surface area contributed by atoms with Crippen molar-refractivity contribution in [3.05, 3.63) is 23.7 Å². The summed E-state index contributed by atoms with van der Waals surface area (Å²) < 4.78 is 5.06. The fraction of sp³-hybridized carbons (Fsp3) is 0.500. The fourth-order valence-corrected chi connectivity index (χ4v) is 1.50. The van der Waals surface area contributed by atoms with Crippen molar-refractivity contribution in [1.82, 2.24) is 4.90 Å². The van der Waals surface area contributed by atoms with Crippen molar-refractivity contribution >= 4 is 11.9 Å². The van der Waals surface area contributed by atoms with E-state index in [1.807, 2.05) is 0 Å². The molecular weight excluding hydrogens is 222 g/mol. The lowest BCUT2D eigenvalue weighted by Crippen LogP contribution is -2.48. The van der Waals surface area contributed by atoms with E-state index in [1.54, 1.807) is 33.8 Å². The van der Waals surface area contributed by atoms with Crippen molar-refractivity contribution < 1.29 is 19.1 Å². The summed E-state index contributed by atoms with van der Waals surface area (Å²) in [4.78, 5) is 24.3. The van der Waals surface area contributed by atoms with Gasteiger partial charge in [-0.2, -0.15) is 0 Å². The van der Waals surface area contributed by atoms with Gasteiger partial charge in [-0.3, -0.25) is 9.59 Å². The van der Waals surface area contributed by atoms with E-state index in [0.717, 1.165) is 0 Å². The molecule has 5 heteroatoms. The fourth-order valence-electron chi connectivity index (χ4n) is 1.50. The molecule has 0 aliphatic carbocycles. The van der Waals surface area contributed by atoms with Crippen molar-refractivity contribution in [2.75, 3.05) is 6.54 Å². The number of furan rings is 1. The van der Waals surface area contributed by atoms with Gasteiger partial charge >= 0.3 is 5.97 Å². The lowest BCUT2D eigenvalue weighted by atomic mass is 10.0. The first-order valence-electron chi connectivity index (χ1n) is 5.31. The smallest absolute Gasteiger partial charge is 0.323 e. The van der Waals surface area contributed by atoms with E-state index < -0.39 is 11.5 Å². The number of carboxylic acid groups (broad SMARTS) is 1. The molecule has 0 radical (unpaired) electrons. The molecule has 1 N–H and O–H groups in total. The minimum atomic E-state index is -1.03. The first-order valence-corrected chi connectivity index (χ1v) is 5.31. The van der Waals surface area contributed by atoms with Crippen LogP contribution in [0.5, 0.6) is 0 Å². The third-order valence-corrected chi connectivity index (χ3v) is 2.44. The van der Waals surface area contributed by atoms with Crippen LogP contribution in [0.15, 0.2) is 16.7 Å². The second-order valence-corrected chi connectivity index (χ2v) is 4.85. The minimum Gasteiger partial charge on any atom is -0.480 e. The molecule has 0 fully saturated rings. The predicted octanol–water partition coefficient (Wildman–Crippen LogP) is 1.91. The van der Waals surface area contributed by atoms with Gasteiger partial charge in [0.05, 0.1) is 11.8 Å². The number of amides is 1. The number of hydrogen-bond donors (Lipinski definition) is 1. The van der Waals surface area contributed by atoms with E-state index in [1.165, 1.54) is 11.2 Å². The molecule has 0 aliphatic heterocycles. The zero-order chi connectivity index (χ0) is 13.2. The van der Waals surface area contributed by atoms with Crippen LogP contribution >= 0.6 is 0 Å². The summed E-state index contributed by atoms with van der Waals surface area (Å²) in [6.45, 7) is 6.73. The highest BCUT2D eigenvalue weighted by atomic mass is 16.4. The lowest BCUT2D eigenvalue weighted by molar-refractivity contribution is -0.138. The predicted molar refractivity (Wildman–Crippen MR) is 61.9 cm³/mol. The number of nitrogens with zero attached hydrogens (tertiary/aromatic N) is 1. The number of aryl methyl sites for hydroxylation is 1. The van der Waals surface area contributed by atoms with E-state index in [0.29, 0.717) is 11.3 Å². The lowest BCUT2D eigenvalue weighted by Gasteiger charge is -2.34. The maximum absolute atomic E-state index is 12.2. The molecule has 0 saturated heterocycles. The average Bonchev–Trinajstić information content (AvgIpc) is 2.58. The van der Waals surface area contributed by atoms with Gasteiger partial charge in [0.2, 0.25) is 0 Å². The van der Waals surface area contributed by atoms with Gasteiger partial charge in [0.1, 0.15) is 12.3 Å². The Balaban J connectivity index is 3.04. The summed E-state index contributed by atoms with van der Waals surface area (Å²) in [5.41, 5.74) is -0.153. The third kappa shape index (κ3) is 3.09. The van der Waals surface area contributed by atoms with Gasteiger partial charge in [-0.15, -0.1) is 0 Å². The standard InChI is InChI=1S/C12H17NO4/c1-8-9(5-6-17-8)11(16)13(7-10(14)15)12(2,3)4/h5-6H,7H2,1-4H3,(H,14,15). The topological polar surface area (TPSA) is 70.8 Å². The first kappa shape index (κ1) is 13.3. The molecule has 1 amide bonds. The molecule has 0 aliphatic rings. The number of hydrogen-bond acceptors (Lipinski definition) is 3. The molecular formula is C12H17NO4. The molecule has 94 valence electrons. The zero-order valence-corrected chi connectivity index (χ0v) is 10.5. The van der Waals surface area contributed by atoms with E-state index in [2.05, 4.69) is 0 Å². The Labute approximate surface area is 100 Å². The van der Waals surface area contributed by atoms with Crippen molar-refractivity contribution in [2.24, 2.45) is 0 Å². The molecule has 1 aromatic heterocycles. The van der Waals surface area contributed by atoms with E-state index in [-0.39, 0.29) is 12.5 Å². The summed E-state index contributed by atoms with van der Waals surface area (Å²) in [5, 5.41) is 8.85. The van der Waals surface area contributed by atoms with Crippen LogP contribution < -0.4 is 0 Å². The molecule has 0 spiro atoms. The number of rotatable bonds is 3. The Morgan fingerprint density at radius 3 is 2.35 bits per heavy atom. The largest absolute Gasteiger partial charge is 0.480 e. The Morgan fingerprint density at radius 1 is 1.41 bits per heavy atom. The Hall–Kier alpha value is -1.78. The van der Waals surface area contributed by atoms with Crippen molar-refractivity contribution in [3.63, 3.8) is 0 Å². The Morgan fingerprint density at radius 2 is 2.00 bits per heavy atom. The molecule has 17 heavy (non-hydrogen) atoms. The zero-order valence-electron chi connectivity index (χ0n) is 10.5. The molecule has 1 rings (SSSR count). The summed E-state index contributed by atoms with van der Waals surface area (Å²) in [5.74, 6) is -0.866. The highest BCUT2D eigenvalue weighted by Crippen LogP contribution is 2.19. The molecule has 0 saturated carbocycles. The first-order chi connectivity index (χ1) is 7.73. The van der Waals surface area contributed by atoms with Crippen molar-refractivity contribution in [1.29, 1.82) is 0 Å². The summed E-state index contributed by atoms with van der Waals surface area (Å²) in [7, 11) is 0. The van der Waals surface area contributed by atoms with E-state index >= 15 is 0 Å². The van der Waals surface area contributed by atoms with Gasteiger partial charge in [-0.25, -0.2) is 0 Å². The number of carbonyl (C=O) groups excluding carboxylic acids is 1. The second kappa shape index (κ2) is 4.61. The van der Waals surface area contributed by atoms with Crippen LogP contribution in [-0.4, -0.2) is 34.0 Å². The average molecular weight is 239 g/mol. The minimum absolute atomic E-state index is 0.326. The molecule has 0 bridgehead atoms. The summed E-state index contributed by atoms with van der Waals surface area (Å²) >= 11 is 0. The molecule has 0 atom stereocenters. The molecule has 1 heterocycles. The molecule has 1 aromatic rings. The van der Waals surface area contributed by atoms with Crippen LogP contribution in [0, 0.1) is 6.92 Å². The van der Waals surface area contributed by atoms with Crippen LogP contribution in [0.1, 0.15) is 36.9 Å². The quantitative estimate of drug-likeness (QED) is 0.874. The highest BCUT2D eigenvalue weighted by Gasteiger charge is 2.30. The van der Waals surface area contributed by atoms with E-state index in [9.17, 15) is 9.59 Å². The molecule has 0 unspecified atom stereocenters. The summed E-state index contributed by atoms with van der Waals surface area (Å²) in [6.07, 6.45) is 1.42. The normalized spacial score (nSPS) is 11.3. The van der Waals surface area contributed by atoms with Crippen molar-refractivity contribution in [3.8, 4) is 0 Å². The van der Waals surface area contributed by atoms with Gasteiger partial charge < -0.3 is 14.4 Å². The molecule has 0 aromatic carbocycles. The van der Waals surface area contributed by atoms with Crippen LogP contribution in [0.4, 0.5) is 0 Å². The van der Waals surface area contributed by atoms with Gasteiger partial charge in [0, 0.05) is 5.54 Å². The van der Waals surface area contributed by atoms with Crippen LogP contribution in [0.25, 0.3) is 0 Å². The Bertz CT molecular complexity index is 428. The molecule has 5 nitrogen and oxygen atoms in total.